The highest BCUT2D eigenvalue weighted by molar-refractivity contribution is 6.28. The van der Waals surface area contributed by atoms with E-state index in [-0.39, 0.29) is 24.4 Å². The van der Waals surface area contributed by atoms with Crippen LogP contribution in [0.1, 0.15) is 39.8 Å². The Kier molecular flexibility index (Phi) is 12.1. The summed E-state index contributed by atoms with van der Waals surface area (Å²) in [7, 11) is 0. The lowest BCUT2D eigenvalue weighted by Crippen LogP contribution is -2.19. The summed E-state index contributed by atoms with van der Waals surface area (Å²) in [5.74, 6) is -0.584. The third kappa shape index (κ3) is 8.76. The topological polar surface area (TPSA) is 148 Å². The lowest BCUT2D eigenvalue weighted by Gasteiger charge is -2.16. The number of carbonyl (C=O) groups is 2. The molecule has 0 aliphatic carbocycles. The van der Waals surface area contributed by atoms with Crippen molar-refractivity contribution >= 4 is 40.4 Å². The Balaban J connectivity index is 0.000000299. The van der Waals surface area contributed by atoms with Crippen LogP contribution in [0, 0.1) is 12.8 Å². The highest BCUT2D eigenvalue weighted by Crippen LogP contribution is 2.32. The number of fused-ring (bicyclic) bond motifs is 1. The molecule has 0 saturated carbocycles. The number of anilines is 1. The van der Waals surface area contributed by atoms with E-state index in [1.807, 2.05) is 22.9 Å². The van der Waals surface area contributed by atoms with Crippen molar-refractivity contribution in [2.75, 3.05) is 25.9 Å². The maximum absolute atomic E-state index is 11.9. The summed E-state index contributed by atoms with van der Waals surface area (Å²) in [4.78, 5) is 30.9. The number of nitrogens with two attached hydrogens (primary N) is 1. The molecule has 3 N–H and O–H groups in total. The van der Waals surface area contributed by atoms with Crippen LogP contribution in [0.3, 0.4) is 0 Å². The molecule has 2 atom stereocenters. The number of ether oxygens (including phenoxy) is 4. The highest BCUT2D eigenvalue weighted by Gasteiger charge is 2.28. The Bertz CT molecular complexity index is 1430. The lowest BCUT2D eigenvalue weighted by atomic mass is 10.2. The van der Waals surface area contributed by atoms with Gasteiger partial charge in [0.25, 0.3) is 0 Å². The van der Waals surface area contributed by atoms with E-state index in [0.717, 1.165) is 18.2 Å². The van der Waals surface area contributed by atoms with Gasteiger partial charge >= 0.3 is 11.9 Å². The van der Waals surface area contributed by atoms with Gasteiger partial charge in [-0.25, -0.2) is 14.6 Å². The number of benzene rings is 2. The fraction of sp³-hybridized carbons (Fsp3) is 0.241. The van der Waals surface area contributed by atoms with Gasteiger partial charge in [-0.15, -0.1) is 12.8 Å². The molecule has 4 aromatic rings. The van der Waals surface area contributed by atoms with Crippen LogP contribution < -0.4 is 5.73 Å². The molecular weight excluding hydrogens is 552 g/mol. The van der Waals surface area contributed by atoms with Crippen LogP contribution in [0.25, 0.3) is 11.0 Å². The molecular formula is C29H29ClN4O7. The molecule has 2 aromatic carbocycles. The van der Waals surface area contributed by atoms with Crippen molar-refractivity contribution in [3.8, 4) is 12.8 Å². The van der Waals surface area contributed by atoms with Gasteiger partial charge in [-0.2, -0.15) is 4.98 Å². The number of nitrogens with zero attached hydrogens (tertiary/aromatic N) is 3. The molecule has 11 nitrogen and oxygen atoms in total. The summed E-state index contributed by atoms with van der Waals surface area (Å²) < 4.78 is 22.8. The molecule has 0 bridgehead atoms. The van der Waals surface area contributed by atoms with Gasteiger partial charge < -0.3 is 34.4 Å². The maximum atomic E-state index is 11.9. The number of terminal acetylenes is 1. The Morgan fingerprint density at radius 2 is 1.59 bits per heavy atom. The van der Waals surface area contributed by atoms with E-state index in [1.165, 1.54) is 0 Å². The Hall–Kier alpha value is -4.47. The Labute approximate surface area is 241 Å². The summed E-state index contributed by atoms with van der Waals surface area (Å²) in [5, 5.41) is 9.09. The van der Waals surface area contributed by atoms with Crippen LogP contribution in [0.15, 0.2) is 72.9 Å². The first-order valence-corrected chi connectivity index (χ1v) is 12.8. The second-order valence-corrected chi connectivity index (χ2v) is 8.68. The number of esters is 2. The third-order valence-electron chi connectivity index (χ3n) is 5.76. The summed E-state index contributed by atoms with van der Waals surface area (Å²) in [6, 6.07) is 19.1. The van der Waals surface area contributed by atoms with Gasteiger partial charge in [0.05, 0.1) is 29.2 Å². The summed E-state index contributed by atoms with van der Waals surface area (Å²) >= 11 is 5.92. The van der Waals surface area contributed by atoms with E-state index in [2.05, 4.69) is 27.6 Å². The van der Waals surface area contributed by atoms with Crippen molar-refractivity contribution in [2.45, 2.75) is 25.2 Å². The van der Waals surface area contributed by atoms with E-state index in [4.69, 9.17) is 36.7 Å². The second kappa shape index (κ2) is 16.0. The first-order valence-electron chi connectivity index (χ1n) is 12.4. The predicted molar refractivity (Wildman–Crippen MR) is 152 cm³/mol. The van der Waals surface area contributed by atoms with Gasteiger partial charge in [0.2, 0.25) is 5.28 Å². The molecule has 3 heterocycles. The van der Waals surface area contributed by atoms with Gasteiger partial charge in [0.1, 0.15) is 17.7 Å². The number of aliphatic hydroxyl groups is 1. The molecule has 0 radical (unpaired) electrons. The minimum Gasteiger partial charge on any atom is -0.435 e. The number of hydrogen-bond acceptors (Lipinski definition) is 10. The predicted octanol–water partition coefficient (Wildman–Crippen LogP) is 4.22. The van der Waals surface area contributed by atoms with Gasteiger partial charge in [-0.05, 0) is 54.8 Å². The van der Waals surface area contributed by atoms with Crippen molar-refractivity contribution in [1.29, 1.82) is 0 Å². The van der Waals surface area contributed by atoms with Crippen molar-refractivity contribution < 1.29 is 33.6 Å². The zero-order valence-corrected chi connectivity index (χ0v) is 22.7. The molecule has 2 aromatic heterocycles. The molecule has 1 fully saturated rings. The number of rotatable bonds is 8. The highest BCUT2D eigenvalue weighted by atomic mass is 35.5. The third-order valence-corrected chi connectivity index (χ3v) is 5.93. The van der Waals surface area contributed by atoms with E-state index in [0.29, 0.717) is 29.2 Å². The Morgan fingerprint density at radius 1 is 0.976 bits per heavy atom. The normalized spacial score (nSPS) is 15.6. The smallest absolute Gasteiger partial charge is 0.340 e. The fourth-order valence-electron chi connectivity index (χ4n) is 3.92. The van der Waals surface area contributed by atoms with Crippen LogP contribution in [0.5, 0.6) is 0 Å². The second-order valence-electron chi connectivity index (χ2n) is 8.34. The number of nitrogen functional groups attached to an aromatic ring is 1. The molecule has 5 rings (SSSR count). The number of aliphatic hydroxyl groups excluding tert-OH is 1. The SMILES string of the molecule is C#C.Nc1nc(Cl)nc2c1ccn2[C@H]1CC[C@@H](COCOC(=O)c2ccccc2)O1.O=C(OCO)c1ccccc1. The van der Waals surface area contributed by atoms with Gasteiger partial charge in [-0.1, -0.05) is 36.4 Å². The fourth-order valence-corrected chi connectivity index (χ4v) is 4.09. The van der Waals surface area contributed by atoms with Crippen molar-refractivity contribution in [1.82, 2.24) is 14.5 Å². The monoisotopic (exact) mass is 580 g/mol. The quantitative estimate of drug-likeness (QED) is 0.102. The van der Waals surface area contributed by atoms with E-state index < -0.39 is 18.7 Å². The summed E-state index contributed by atoms with van der Waals surface area (Å²) in [6.07, 6.45) is 11.2. The summed E-state index contributed by atoms with van der Waals surface area (Å²) in [6.45, 7) is -0.368. The molecule has 1 saturated heterocycles. The van der Waals surface area contributed by atoms with Crippen LogP contribution in [-0.4, -0.2) is 57.9 Å². The van der Waals surface area contributed by atoms with E-state index >= 15 is 0 Å². The average molecular weight is 581 g/mol. The van der Waals surface area contributed by atoms with Crippen molar-refractivity contribution in [3.63, 3.8) is 0 Å². The van der Waals surface area contributed by atoms with Crippen LogP contribution in [0.2, 0.25) is 5.28 Å². The molecule has 1 aliphatic heterocycles. The maximum Gasteiger partial charge on any atom is 0.340 e. The molecule has 214 valence electrons. The molecule has 0 amide bonds. The first kappa shape index (κ1) is 31.1. The largest absolute Gasteiger partial charge is 0.435 e. The molecule has 0 spiro atoms. The number of hydrogen-bond donors (Lipinski definition) is 2. The molecule has 1 aliphatic rings. The number of halogens is 1. The standard InChI is InChI=1S/C19H19ClN4O4.C8H8O3.C2H2/c20-19-22-16(21)14-8-9-24(17(14)23-19)15-7-6-13(28-15)10-26-11-27-18(25)12-4-2-1-3-5-12;9-6-11-8(10)7-4-2-1-3-5-7;1-2/h1-5,8-9,13,15H,6-7,10-11H2,(H2,21,22,23);1-5,9H,6H2;1-2H/t13-,15+;;/m0../s1. The Morgan fingerprint density at radius 3 is 2.20 bits per heavy atom. The molecule has 0 unspecified atom stereocenters. The van der Waals surface area contributed by atoms with Gasteiger partial charge in [-0.3, -0.25) is 0 Å². The average Bonchev–Trinajstić information content (AvgIpc) is 3.65. The van der Waals surface area contributed by atoms with Crippen molar-refractivity contribution in [2.24, 2.45) is 0 Å². The minimum atomic E-state index is -0.576. The van der Waals surface area contributed by atoms with E-state index in [1.54, 1.807) is 54.6 Å². The molecule has 12 heteroatoms. The van der Waals surface area contributed by atoms with Crippen molar-refractivity contribution in [3.05, 3.63) is 89.3 Å². The molecule has 41 heavy (non-hydrogen) atoms. The van der Waals surface area contributed by atoms with Crippen LogP contribution >= 0.6 is 11.6 Å². The van der Waals surface area contributed by atoms with Gasteiger partial charge in [0.15, 0.2) is 13.6 Å². The summed E-state index contributed by atoms with van der Waals surface area (Å²) in [5.41, 5.74) is 7.47. The number of aromatic nitrogens is 3. The van der Waals surface area contributed by atoms with Crippen LogP contribution in [0.4, 0.5) is 5.82 Å². The van der Waals surface area contributed by atoms with Gasteiger partial charge in [0, 0.05) is 6.20 Å². The zero-order chi connectivity index (χ0) is 29.6. The van der Waals surface area contributed by atoms with Crippen LogP contribution in [-0.2, 0) is 18.9 Å². The number of carbonyl (C=O) groups excluding carboxylic acids is 2. The first-order chi connectivity index (χ1) is 20.0. The zero-order valence-electron chi connectivity index (χ0n) is 22.0. The van der Waals surface area contributed by atoms with E-state index in [9.17, 15) is 9.59 Å². The lowest BCUT2D eigenvalue weighted by molar-refractivity contribution is -0.0815. The minimum absolute atomic E-state index is 0.100.